The predicted octanol–water partition coefficient (Wildman–Crippen LogP) is 3.36. The molecule has 1 aromatic carbocycles. The molecule has 2 N–H and O–H groups in total. The van der Waals surface area contributed by atoms with Crippen LogP contribution in [0.2, 0.25) is 0 Å². The van der Waals surface area contributed by atoms with Crippen LogP contribution in [0.5, 0.6) is 0 Å². The van der Waals surface area contributed by atoms with E-state index in [2.05, 4.69) is 18.8 Å². The summed E-state index contributed by atoms with van der Waals surface area (Å²) in [7, 11) is 0. The highest BCUT2D eigenvalue weighted by molar-refractivity contribution is 5.65. The molecule has 0 bridgehead atoms. The van der Waals surface area contributed by atoms with Gasteiger partial charge in [-0.15, -0.1) is 0 Å². The Labute approximate surface area is 111 Å². The van der Waals surface area contributed by atoms with Gasteiger partial charge in [-0.2, -0.15) is 0 Å². The second-order valence-electron chi connectivity index (χ2n) is 4.67. The molecule has 0 fully saturated rings. The number of benzene rings is 1. The average molecular weight is 257 g/mol. The Morgan fingerprint density at radius 1 is 1.21 bits per heavy atom. The lowest BCUT2D eigenvalue weighted by Crippen LogP contribution is -1.97. The molecule has 0 amide bonds. The van der Waals surface area contributed by atoms with Gasteiger partial charge in [-0.05, 0) is 11.5 Å². The zero-order chi connectivity index (χ0) is 14.0. The number of nitrogens with zero attached hydrogens (tertiary/aromatic N) is 2. The van der Waals surface area contributed by atoms with Crippen molar-refractivity contribution in [3.8, 4) is 11.3 Å². The second kappa shape index (κ2) is 5.06. The van der Waals surface area contributed by atoms with Gasteiger partial charge in [0.2, 0.25) is 0 Å². The molecule has 0 atom stereocenters. The van der Waals surface area contributed by atoms with Gasteiger partial charge < -0.3 is 5.73 Å². The molecule has 1 heterocycles. The van der Waals surface area contributed by atoms with Crippen LogP contribution in [-0.2, 0) is 0 Å². The summed E-state index contributed by atoms with van der Waals surface area (Å²) in [4.78, 5) is 14.5. The van der Waals surface area contributed by atoms with Gasteiger partial charge in [0.15, 0.2) is 0 Å². The quantitative estimate of drug-likeness (QED) is 0.675. The Balaban J connectivity index is 2.43. The molecule has 5 nitrogen and oxygen atoms in total. The van der Waals surface area contributed by atoms with E-state index >= 15 is 0 Å². The molecule has 0 radical (unpaired) electrons. The molecular weight excluding hydrogens is 242 g/mol. The van der Waals surface area contributed by atoms with Crippen molar-refractivity contribution < 1.29 is 4.92 Å². The van der Waals surface area contributed by atoms with Gasteiger partial charge in [0.25, 0.3) is 5.69 Å². The fourth-order valence-electron chi connectivity index (χ4n) is 1.83. The van der Waals surface area contributed by atoms with Gasteiger partial charge in [0, 0.05) is 11.6 Å². The third kappa shape index (κ3) is 2.88. The first-order valence-corrected chi connectivity index (χ1v) is 5.99. The summed E-state index contributed by atoms with van der Waals surface area (Å²) in [6.07, 6.45) is 0. The molecule has 5 heteroatoms. The molecular formula is C14H15N3O2. The Kier molecular flexibility index (Phi) is 3.46. The first kappa shape index (κ1) is 13.0. The standard InChI is InChI=1S/C14H15N3O2/c1-9(2)10-3-5-11(6-4-10)13-7-12(17(18)19)8-14(15)16-13/h3-9H,1-2H3,(H2,15,16). The minimum absolute atomic E-state index is 0.0459. The number of hydrogen-bond acceptors (Lipinski definition) is 4. The normalized spacial score (nSPS) is 10.7. The molecule has 19 heavy (non-hydrogen) atoms. The Morgan fingerprint density at radius 3 is 2.37 bits per heavy atom. The van der Waals surface area contributed by atoms with Gasteiger partial charge in [-0.1, -0.05) is 38.1 Å². The van der Waals surface area contributed by atoms with Crippen molar-refractivity contribution in [2.75, 3.05) is 5.73 Å². The predicted molar refractivity (Wildman–Crippen MR) is 74.8 cm³/mol. The van der Waals surface area contributed by atoms with Crippen molar-refractivity contribution in [3.63, 3.8) is 0 Å². The van der Waals surface area contributed by atoms with Crippen LogP contribution in [0.3, 0.4) is 0 Å². The van der Waals surface area contributed by atoms with Crippen molar-refractivity contribution in [2.24, 2.45) is 0 Å². The summed E-state index contributed by atoms with van der Waals surface area (Å²) in [5, 5.41) is 10.8. The second-order valence-corrected chi connectivity index (χ2v) is 4.67. The highest BCUT2D eigenvalue weighted by Gasteiger charge is 2.11. The average Bonchev–Trinajstić information content (AvgIpc) is 2.38. The van der Waals surface area contributed by atoms with E-state index in [0.717, 1.165) is 5.56 Å². The van der Waals surface area contributed by atoms with E-state index in [0.29, 0.717) is 11.6 Å². The minimum atomic E-state index is -0.468. The van der Waals surface area contributed by atoms with E-state index in [-0.39, 0.29) is 11.5 Å². The van der Waals surface area contributed by atoms with Crippen LogP contribution in [0.4, 0.5) is 11.5 Å². The number of aromatic nitrogens is 1. The minimum Gasteiger partial charge on any atom is -0.383 e. The molecule has 2 aromatic rings. The maximum atomic E-state index is 10.8. The molecule has 2 rings (SSSR count). The van der Waals surface area contributed by atoms with Crippen LogP contribution in [0.1, 0.15) is 25.3 Å². The summed E-state index contributed by atoms with van der Waals surface area (Å²) >= 11 is 0. The zero-order valence-corrected chi connectivity index (χ0v) is 10.8. The summed E-state index contributed by atoms with van der Waals surface area (Å²) in [5.74, 6) is 0.592. The maximum absolute atomic E-state index is 10.8. The lowest BCUT2D eigenvalue weighted by atomic mass is 10.0. The molecule has 0 unspecified atom stereocenters. The Morgan fingerprint density at radius 2 is 1.84 bits per heavy atom. The van der Waals surface area contributed by atoms with Crippen LogP contribution in [0.25, 0.3) is 11.3 Å². The molecule has 0 saturated heterocycles. The van der Waals surface area contributed by atoms with Gasteiger partial charge >= 0.3 is 0 Å². The summed E-state index contributed by atoms with van der Waals surface area (Å²) in [5.41, 5.74) is 8.10. The lowest BCUT2D eigenvalue weighted by Gasteiger charge is -2.07. The van der Waals surface area contributed by atoms with Crippen LogP contribution < -0.4 is 5.73 Å². The number of pyridine rings is 1. The summed E-state index contributed by atoms with van der Waals surface area (Å²) in [6, 6.07) is 10.5. The van der Waals surface area contributed by atoms with Gasteiger partial charge in [-0.3, -0.25) is 10.1 Å². The molecule has 0 aliphatic rings. The van der Waals surface area contributed by atoms with Crippen molar-refractivity contribution in [1.29, 1.82) is 0 Å². The molecule has 1 aromatic heterocycles. The lowest BCUT2D eigenvalue weighted by molar-refractivity contribution is -0.384. The van der Waals surface area contributed by atoms with E-state index < -0.39 is 4.92 Å². The van der Waals surface area contributed by atoms with Gasteiger partial charge in [0.1, 0.15) is 5.82 Å². The van der Waals surface area contributed by atoms with E-state index in [1.54, 1.807) is 0 Å². The van der Waals surface area contributed by atoms with Gasteiger partial charge in [-0.25, -0.2) is 4.98 Å². The summed E-state index contributed by atoms with van der Waals surface area (Å²) < 4.78 is 0. The van der Waals surface area contributed by atoms with Crippen LogP contribution >= 0.6 is 0 Å². The third-order valence-corrected chi connectivity index (χ3v) is 2.91. The molecule has 0 spiro atoms. The van der Waals surface area contributed by atoms with Crippen LogP contribution in [0.15, 0.2) is 36.4 Å². The topological polar surface area (TPSA) is 82.0 Å². The SMILES string of the molecule is CC(C)c1ccc(-c2cc([N+](=O)[O-])cc(N)n2)cc1. The number of nitrogens with two attached hydrogens (primary N) is 1. The fourth-order valence-corrected chi connectivity index (χ4v) is 1.83. The van der Waals surface area contributed by atoms with E-state index in [1.165, 1.54) is 17.7 Å². The first-order valence-electron chi connectivity index (χ1n) is 5.99. The van der Waals surface area contributed by atoms with Crippen molar-refractivity contribution in [2.45, 2.75) is 19.8 Å². The van der Waals surface area contributed by atoms with Crippen molar-refractivity contribution >= 4 is 11.5 Å². The Hall–Kier alpha value is -2.43. The fraction of sp³-hybridized carbons (Fsp3) is 0.214. The van der Waals surface area contributed by atoms with Gasteiger partial charge in [0.05, 0.1) is 16.7 Å². The molecule has 98 valence electrons. The van der Waals surface area contributed by atoms with Crippen molar-refractivity contribution in [3.05, 3.63) is 52.1 Å². The first-order chi connectivity index (χ1) is 8.97. The number of nitrogen functional groups attached to an aromatic ring is 1. The smallest absolute Gasteiger partial charge is 0.275 e. The molecule has 0 saturated carbocycles. The zero-order valence-electron chi connectivity index (χ0n) is 10.8. The van der Waals surface area contributed by atoms with Crippen LogP contribution in [0, 0.1) is 10.1 Å². The largest absolute Gasteiger partial charge is 0.383 e. The number of anilines is 1. The highest BCUT2D eigenvalue weighted by Crippen LogP contribution is 2.25. The van der Waals surface area contributed by atoms with E-state index in [4.69, 9.17) is 5.73 Å². The molecule has 0 aliphatic carbocycles. The number of nitro groups is 1. The number of rotatable bonds is 3. The monoisotopic (exact) mass is 257 g/mol. The highest BCUT2D eigenvalue weighted by atomic mass is 16.6. The van der Waals surface area contributed by atoms with Crippen molar-refractivity contribution in [1.82, 2.24) is 4.98 Å². The maximum Gasteiger partial charge on any atom is 0.275 e. The number of hydrogen-bond donors (Lipinski definition) is 1. The van der Waals surface area contributed by atoms with Crippen LogP contribution in [-0.4, -0.2) is 9.91 Å². The Bertz CT molecular complexity index is 607. The molecule has 0 aliphatic heterocycles. The van der Waals surface area contributed by atoms with E-state index in [1.807, 2.05) is 24.3 Å². The van der Waals surface area contributed by atoms with E-state index in [9.17, 15) is 10.1 Å². The summed E-state index contributed by atoms with van der Waals surface area (Å²) in [6.45, 7) is 4.22. The third-order valence-electron chi connectivity index (χ3n) is 2.91.